The topological polar surface area (TPSA) is 55.2 Å². The van der Waals surface area contributed by atoms with Gasteiger partial charge in [-0.25, -0.2) is 4.98 Å². The van der Waals surface area contributed by atoms with Gasteiger partial charge in [0.25, 0.3) is 5.56 Å². The number of fused-ring (bicyclic) bond motifs is 1. The summed E-state index contributed by atoms with van der Waals surface area (Å²) in [5.74, 6) is 0.880. The van der Waals surface area contributed by atoms with Gasteiger partial charge < -0.3 is 4.90 Å². The van der Waals surface area contributed by atoms with Crippen LogP contribution in [-0.2, 0) is 4.79 Å². The summed E-state index contributed by atoms with van der Waals surface area (Å²) in [6, 6.07) is 14.2. The predicted molar refractivity (Wildman–Crippen MR) is 122 cm³/mol. The summed E-state index contributed by atoms with van der Waals surface area (Å²) in [7, 11) is 0. The summed E-state index contributed by atoms with van der Waals surface area (Å²) in [5, 5.41) is 1.07. The lowest BCUT2D eigenvalue weighted by molar-refractivity contribution is -0.134. The van der Waals surface area contributed by atoms with Gasteiger partial charge in [-0.15, -0.1) is 0 Å². The fraction of sp³-hybridized carbons (Fsp3) is 0.375. The lowest BCUT2D eigenvalue weighted by atomic mass is 10.1. The van der Waals surface area contributed by atoms with Crippen LogP contribution >= 0.6 is 11.6 Å². The van der Waals surface area contributed by atoms with Crippen molar-refractivity contribution >= 4 is 28.4 Å². The molecule has 0 aliphatic carbocycles. The first kappa shape index (κ1) is 22.0. The van der Waals surface area contributed by atoms with Gasteiger partial charge in [-0.3, -0.25) is 14.2 Å². The van der Waals surface area contributed by atoms with Crippen molar-refractivity contribution in [3.05, 3.63) is 69.7 Å². The lowest BCUT2D eigenvalue weighted by Gasteiger charge is -2.32. The number of hydrogen-bond acceptors (Lipinski definition) is 3. The van der Waals surface area contributed by atoms with Gasteiger partial charge in [0.05, 0.1) is 22.6 Å². The summed E-state index contributed by atoms with van der Waals surface area (Å²) in [6.45, 7) is 8.58. The predicted octanol–water partition coefficient (Wildman–Crippen LogP) is 5.38. The molecule has 0 aliphatic rings. The number of nitrogens with zero attached hydrogens (tertiary/aromatic N) is 3. The minimum Gasteiger partial charge on any atom is -0.333 e. The molecule has 1 amide bonds. The minimum absolute atomic E-state index is 0.0689. The van der Waals surface area contributed by atoms with E-state index in [2.05, 4.69) is 0 Å². The molecule has 3 aromatic rings. The average molecular weight is 426 g/mol. The number of amides is 1. The zero-order chi connectivity index (χ0) is 21.8. The number of carbonyl (C=O) groups is 1. The van der Waals surface area contributed by atoms with Gasteiger partial charge in [0.15, 0.2) is 0 Å². The molecule has 158 valence electrons. The van der Waals surface area contributed by atoms with Crippen LogP contribution in [0.15, 0.2) is 53.3 Å². The van der Waals surface area contributed by atoms with E-state index in [1.54, 1.807) is 22.8 Å². The molecule has 3 rings (SSSR count). The van der Waals surface area contributed by atoms with E-state index in [1.165, 1.54) is 0 Å². The van der Waals surface area contributed by atoms with E-state index in [0.717, 1.165) is 0 Å². The van der Waals surface area contributed by atoms with Crippen LogP contribution in [0.25, 0.3) is 16.6 Å². The van der Waals surface area contributed by atoms with Gasteiger partial charge in [-0.1, -0.05) is 50.6 Å². The molecule has 0 saturated heterocycles. The molecule has 5 nitrogen and oxygen atoms in total. The second-order valence-corrected chi connectivity index (χ2v) is 8.25. The third-order valence-electron chi connectivity index (χ3n) is 5.17. The van der Waals surface area contributed by atoms with E-state index >= 15 is 0 Å². The summed E-state index contributed by atoms with van der Waals surface area (Å²) in [5.41, 5.74) is 1.11. The second kappa shape index (κ2) is 9.43. The molecule has 1 unspecified atom stereocenters. The number of halogens is 1. The highest BCUT2D eigenvalue weighted by atomic mass is 35.5. The quantitative estimate of drug-likeness (QED) is 0.510. The SMILES string of the molecule is CCC(c1nc2ccccc2c(=O)n1-c1cccc(Cl)c1)N(CC)C(=O)CC(C)C. The maximum absolute atomic E-state index is 13.5. The highest BCUT2D eigenvalue weighted by Crippen LogP contribution is 2.27. The average Bonchev–Trinajstić information content (AvgIpc) is 2.71. The third kappa shape index (κ3) is 4.41. The molecule has 2 aromatic carbocycles. The van der Waals surface area contributed by atoms with E-state index in [1.807, 2.05) is 62.9 Å². The third-order valence-corrected chi connectivity index (χ3v) is 5.41. The van der Waals surface area contributed by atoms with Crippen molar-refractivity contribution in [3.8, 4) is 5.69 Å². The smallest absolute Gasteiger partial charge is 0.266 e. The van der Waals surface area contributed by atoms with E-state index in [4.69, 9.17) is 16.6 Å². The van der Waals surface area contributed by atoms with Crippen LogP contribution in [0, 0.1) is 5.92 Å². The van der Waals surface area contributed by atoms with Crippen LogP contribution in [0.3, 0.4) is 0 Å². The first-order valence-electron chi connectivity index (χ1n) is 10.4. The second-order valence-electron chi connectivity index (χ2n) is 7.81. The molecular weight excluding hydrogens is 398 g/mol. The van der Waals surface area contributed by atoms with E-state index < -0.39 is 0 Å². The molecule has 0 saturated carbocycles. The molecule has 0 fully saturated rings. The molecule has 6 heteroatoms. The molecule has 0 bridgehead atoms. The Kier molecular flexibility index (Phi) is 6.93. The van der Waals surface area contributed by atoms with E-state index in [0.29, 0.717) is 46.8 Å². The Balaban J connectivity index is 2.28. The molecule has 30 heavy (non-hydrogen) atoms. The fourth-order valence-corrected chi connectivity index (χ4v) is 4.00. The highest BCUT2D eigenvalue weighted by molar-refractivity contribution is 6.30. The number of hydrogen-bond donors (Lipinski definition) is 0. The zero-order valence-electron chi connectivity index (χ0n) is 17.9. The number of aromatic nitrogens is 2. The molecular formula is C24H28ClN3O2. The van der Waals surface area contributed by atoms with E-state index in [-0.39, 0.29) is 23.4 Å². The van der Waals surface area contributed by atoms with Gasteiger partial charge in [0.1, 0.15) is 5.82 Å². The summed E-state index contributed by atoms with van der Waals surface area (Å²) in [4.78, 5) is 33.2. The molecule has 0 N–H and O–H groups in total. The maximum atomic E-state index is 13.5. The van der Waals surface area contributed by atoms with Crippen LogP contribution in [0.5, 0.6) is 0 Å². The fourth-order valence-electron chi connectivity index (χ4n) is 3.82. The van der Waals surface area contributed by atoms with E-state index in [9.17, 15) is 9.59 Å². The lowest BCUT2D eigenvalue weighted by Crippen LogP contribution is -2.38. The number of benzene rings is 2. The number of rotatable bonds is 7. The Bertz CT molecular complexity index is 1110. The Labute approximate surface area is 182 Å². The van der Waals surface area contributed by atoms with Crippen molar-refractivity contribution in [1.29, 1.82) is 0 Å². The minimum atomic E-state index is -0.322. The first-order valence-corrected chi connectivity index (χ1v) is 10.8. The first-order chi connectivity index (χ1) is 14.4. The van der Waals surface area contributed by atoms with Crippen molar-refractivity contribution < 1.29 is 4.79 Å². The van der Waals surface area contributed by atoms with Crippen LogP contribution < -0.4 is 5.56 Å². The molecule has 1 aromatic heterocycles. The van der Waals surface area contributed by atoms with Crippen LogP contribution in [0.2, 0.25) is 5.02 Å². The summed E-state index contributed by atoms with van der Waals surface area (Å²) in [6.07, 6.45) is 1.10. The largest absolute Gasteiger partial charge is 0.333 e. The van der Waals surface area contributed by atoms with Crippen molar-refractivity contribution in [1.82, 2.24) is 14.5 Å². The molecule has 0 spiro atoms. The molecule has 1 heterocycles. The van der Waals surface area contributed by atoms with Gasteiger partial charge in [0, 0.05) is 18.0 Å². The van der Waals surface area contributed by atoms with Gasteiger partial charge in [-0.2, -0.15) is 0 Å². The highest BCUT2D eigenvalue weighted by Gasteiger charge is 2.28. The molecule has 1 atom stereocenters. The van der Waals surface area contributed by atoms with Crippen molar-refractivity contribution in [2.24, 2.45) is 5.92 Å². The van der Waals surface area contributed by atoms with Gasteiger partial charge in [0.2, 0.25) is 5.91 Å². The van der Waals surface area contributed by atoms with Gasteiger partial charge in [-0.05, 0) is 49.6 Å². The van der Waals surface area contributed by atoms with Crippen molar-refractivity contribution in [2.75, 3.05) is 6.54 Å². The van der Waals surface area contributed by atoms with Crippen molar-refractivity contribution in [2.45, 2.75) is 46.6 Å². The molecule has 0 aliphatic heterocycles. The van der Waals surface area contributed by atoms with Crippen LogP contribution in [-0.4, -0.2) is 26.9 Å². The Hall–Kier alpha value is -2.66. The molecule has 0 radical (unpaired) electrons. The number of para-hydroxylation sites is 1. The van der Waals surface area contributed by atoms with Crippen LogP contribution in [0.4, 0.5) is 0 Å². The Morgan fingerprint density at radius 1 is 1.13 bits per heavy atom. The Morgan fingerprint density at radius 2 is 1.87 bits per heavy atom. The standard InChI is InChI=1S/C24H28ClN3O2/c1-5-21(27(6-2)22(29)14-16(3)4)23-26-20-13-8-7-12-19(20)24(30)28(23)18-11-9-10-17(25)15-18/h7-13,15-16,21H,5-6,14H2,1-4H3. The maximum Gasteiger partial charge on any atom is 0.266 e. The summed E-state index contributed by atoms with van der Waals surface area (Å²) < 4.78 is 1.60. The summed E-state index contributed by atoms with van der Waals surface area (Å²) >= 11 is 6.23. The normalized spacial score (nSPS) is 12.3. The zero-order valence-corrected chi connectivity index (χ0v) is 18.7. The van der Waals surface area contributed by atoms with Crippen LogP contribution in [0.1, 0.15) is 52.4 Å². The van der Waals surface area contributed by atoms with Gasteiger partial charge >= 0.3 is 0 Å². The van der Waals surface area contributed by atoms with Crippen molar-refractivity contribution in [3.63, 3.8) is 0 Å². The Morgan fingerprint density at radius 3 is 2.50 bits per heavy atom. The number of carbonyl (C=O) groups excluding carboxylic acids is 1. The monoisotopic (exact) mass is 425 g/mol.